The van der Waals surface area contributed by atoms with Crippen molar-refractivity contribution in [3.05, 3.63) is 64.7 Å². The van der Waals surface area contributed by atoms with E-state index in [4.69, 9.17) is 4.84 Å². The number of nitrogens with one attached hydrogen (secondary N) is 2. The summed E-state index contributed by atoms with van der Waals surface area (Å²) in [6, 6.07) is 12.4. The maximum atomic E-state index is 12.2. The highest BCUT2D eigenvalue weighted by Gasteiger charge is 2.19. The first kappa shape index (κ1) is 18.1. The number of aryl methyl sites for hydroxylation is 1. The van der Waals surface area contributed by atoms with Gasteiger partial charge in [0.25, 0.3) is 5.91 Å². The summed E-state index contributed by atoms with van der Waals surface area (Å²) in [4.78, 5) is 17.5. The highest BCUT2D eigenvalue weighted by molar-refractivity contribution is 7.89. The van der Waals surface area contributed by atoms with E-state index in [0.717, 1.165) is 5.56 Å². The van der Waals surface area contributed by atoms with Crippen LogP contribution in [0.25, 0.3) is 0 Å². The van der Waals surface area contributed by atoms with Crippen LogP contribution in [0.15, 0.2) is 47.4 Å². The molecule has 0 aliphatic heterocycles. The van der Waals surface area contributed by atoms with Gasteiger partial charge in [0.05, 0.1) is 11.5 Å². The van der Waals surface area contributed by atoms with Gasteiger partial charge in [0.1, 0.15) is 0 Å². The van der Waals surface area contributed by atoms with Gasteiger partial charge in [-0.3, -0.25) is 9.63 Å². The van der Waals surface area contributed by atoms with Crippen molar-refractivity contribution in [1.29, 1.82) is 0 Å². The van der Waals surface area contributed by atoms with Crippen LogP contribution < -0.4 is 10.2 Å². The molecule has 128 valence electrons. The van der Waals surface area contributed by atoms with Crippen LogP contribution in [0.1, 0.15) is 27.0 Å². The smallest absolute Gasteiger partial charge is 0.269 e. The number of sulfonamides is 1. The lowest BCUT2D eigenvalue weighted by Gasteiger charge is -2.12. The Labute approximate surface area is 141 Å². The third-order valence-electron chi connectivity index (χ3n) is 3.69. The maximum absolute atomic E-state index is 12.2. The van der Waals surface area contributed by atoms with Crippen LogP contribution in [0.4, 0.5) is 0 Å². The van der Waals surface area contributed by atoms with Gasteiger partial charge in [-0.15, -0.1) is 0 Å². The Hall–Kier alpha value is -2.22. The summed E-state index contributed by atoms with van der Waals surface area (Å²) in [5.74, 6) is -0.499. The lowest BCUT2D eigenvalue weighted by molar-refractivity contribution is 0.0233. The lowest BCUT2D eigenvalue weighted by atomic mass is 10.1. The fourth-order valence-electron chi connectivity index (χ4n) is 2.17. The molecule has 0 atom stereocenters. The van der Waals surface area contributed by atoms with Gasteiger partial charge in [0.15, 0.2) is 0 Å². The second kappa shape index (κ2) is 7.57. The van der Waals surface area contributed by atoms with Crippen molar-refractivity contribution in [1.82, 2.24) is 10.2 Å². The predicted molar refractivity (Wildman–Crippen MR) is 90.9 cm³/mol. The quantitative estimate of drug-likeness (QED) is 0.783. The molecule has 2 rings (SSSR count). The molecular weight excluding hydrogens is 328 g/mol. The molecule has 2 aromatic rings. The summed E-state index contributed by atoms with van der Waals surface area (Å²) >= 11 is 0. The summed E-state index contributed by atoms with van der Waals surface area (Å²) in [7, 11) is -2.31. The summed E-state index contributed by atoms with van der Waals surface area (Å²) in [5, 5.41) is 0. The maximum Gasteiger partial charge on any atom is 0.274 e. The zero-order valence-corrected chi connectivity index (χ0v) is 14.6. The van der Waals surface area contributed by atoms with Crippen molar-refractivity contribution >= 4 is 15.9 Å². The number of hydrogen-bond acceptors (Lipinski definition) is 4. The molecule has 0 unspecified atom stereocenters. The molecule has 1 amide bonds. The van der Waals surface area contributed by atoms with Crippen LogP contribution in [0.2, 0.25) is 0 Å². The zero-order chi connectivity index (χ0) is 17.7. The first-order valence-corrected chi connectivity index (χ1v) is 8.84. The highest BCUT2D eigenvalue weighted by Crippen LogP contribution is 2.21. The summed E-state index contributed by atoms with van der Waals surface area (Å²) in [6.45, 7) is 3.68. The van der Waals surface area contributed by atoms with Gasteiger partial charge >= 0.3 is 0 Å². The van der Waals surface area contributed by atoms with E-state index in [9.17, 15) is 13.2 Å². The van der Waals surface area contributed by atoms with Crippen molar-refractivity contribution in [2.45, 2.75) is 25.3 Å². The molecule has 2 N–H and O–H groups in total. The Morgan fingerprint density at radius 3 is 2.42 bits per heavy atom. The summed E-state index contributed by atoms with van der Waals surface area (Å²) in [5.41, 5.74) is 4.78. The number of carbonyl (C=O) groups excluding carboxylic acids is 1. The molecule has 24 heavy (non-hydrogen) atoms. The summed E-state index contributed by atoms with van der Waals surface area (Å²) in [6.07, 6.45) is 0. The third kappa shape index (κ3) is 4.19. The van der Waals surface area contributed by atoms with E-state index in [1.165, 1.54) is 13.1 Å². The van der Waals surface area contributed by atoms with E-state index < -0.39 is 15.9 Å². The highest BCUT2D eigenvalue weighted by atomic mass is 32.2. The second-order valence-electron chi connectivity index (χ2n) is 5.33. The molecule has 0 radical (unpaired) electrons. The first-order valence-electron chi connectivity index (χ1n) is 7.36. The molecule has 0 spiro atoms. The van der Waals surface area contributed by atoms with Crippen molar-refractivity contribution in [3.63, 3.8) is 0 Å². The van der Waals surface area contributed by atoms with E-state index in [2.05, 4.69) is 10.2 Å². The zero-order valence-electron chi connectivity index (χ0n) is 13.8. The SMILES string of the molecule is CNS(=O)(=O)c1cc(C(=O)NOCc2ccccc2)cc(C)c1C. The van der Waals surface area contributed by atoms with Crippen LogP contribution in [0, 0.1) is 13.8 Å². The minimum Gasteiger partial charge on any atom is -0.269 e. The van der Waals surface area contributed by atoms with Crippen molar-refractivity contribution in [2.75, 3.05) is 7.05 Å². The fourth-order valence-corrected chi connectivity index (χ4v) is 3.23. The third-order valence-corrected chi connectivity index (χ3v) is 5.23. The molecule has 0 saturated heterocycles. The largest absolute Gasteiger partial charge is 0.274 e. The Kier molecular flexibility index (Phi) is 5.71. The topological polar surface area (TPSA) is 84.5 Å². The van der Waals surface area contributed by atoms with E-state index in [1.807, 2.05) is 30.3 Å². The minimum atomic E-state index is -3.64. The van der Waals surface area contributed by atoms with Crippen LogP contribution in [-0.4, -0.2) is 21.4 Å². The molecule has 2 aromatic carbocycles. The Morgan fingerprint density at radius 2 is 1.79 bits per heavy atom. The number of amides is 1. The van der Waals surface area contributed by atoms with Crippen LogP contribution in [-0.2, 0) is 21.5 Å². The van der Waals surface area contributed by atoms with Crippen LogP contribution >= 0.6 is 0 Å². The van der Waals surface area contributed by atoms with Gasteiger partial charge in [-0.25, -0.2) is 18.6 Å². The Bertz CT molecular complexity index is 833. The molecule has 0 bridgehead atoms. The average molecular weight is 348 g/mol. The molecule has 0 fully saturated rings. The average Bonchev–Trinajstić information content (AvgIpc) is 2.57. The van der Waals surface area contributed by atoms with Gasteiger partial charge in [-0.05, 0) is 49.7 Å². The monoisotopic (exact) mass is 348 g/mol. The van der Waals surface area contributed by atoms with E-state index >= 15 is 0 Å². The Balaban J connectivity index is 2.15. The molecule has 0 aromatic heterocycles. The minimum absolute atomic E-state index is 0.0817. The number of hydroxylamine groups is 1. The van der Waals surface area contributed by atoms with Crippen LogP contribution in [0.3, 0.4) is 0 Å². The second-order valence-corrected chi connectivity index (χ2v) is 7.18. The van der Waals surface area contributed by atoms with E-state index in [-0.39, 0.29) is 17.1 Å². The summed E-state index contributed by atoms with van der Waals surface area (Å²) < 4.78 is 26.4. The number of rotatable bonds is 6. The van der Waals surface area contributed by atoms with E-state index in [1.54, 1.807) is 19.9 Å². The molecular formula is C17H20N2O4S. The Morgan fingerprint density at radius 1 is 1.12 bits per heavy atom. The number of carbonyl (C=O) groups is 1. The van der Waals surface area contributed by atoms with Gasteiger partial charge in [0, 0.05) is 5.56 Å². The molecule has 0 aliphatic rings. The van der Waals surface area contributed by atoms with E-state index in [0.29, 0.717) is 11.1 Å². The molecule has 0 aliphatic carbocycles. The normalized spacial score (nSPS) is 11.3. The van der Waals surface area contributed by atoms with Gasteiger partial charge in [0.2, 0.25) is 10.0 Å². The predicted octanol–water partition coefficient (Wildman–Crippen LogP) is 2.07. The van der Waals surface area contributed by atoms with Crippen molar-refractivity contribution < 1.29 is 18.0 Å². The number of hydrogen-bond donors (Lipinski definition) is 2. The first-order chi connectivity index (χ1) is 11.3. The van der Waals surface area contributed by atoms with Gasteiger partial charge in [-0.2, -0.15) is 0 Å². The molecule has 7 heteroatoms. The number of benzene rings is 2. The van der Waals surface area contributed by atoms with Crippen molar-refractivity contribution in [2.24, 2.45) is 0 Å². The van der Waals surface area contributed by atoms with Crippen LogP contribution in [0.5, 0.6) is 0 Å². The van der Waals surface area contributed by atoms with Gasteiger partial charge < -0.3 is 0 Å². The standard InChI is InChI=1S/C17H20N2O4S/c1-12-9-15(10-16(13(12)2)24(21,22)18-3)17(20)19-23-11-14-7-5-4-6-8-14/h4-10,18H,11H2,1-3H3,(H,19,20). The molecule has 0 saturated carbocycles. The lowest BCUT2D eigenvalue weighted by Crippen LogP contribution is -2.25. The fraction of sp³-hybridized carbons (Fsp3) is 0.235. The van der Waals surface area contributed by atoms with Crippen molar-refractivity contribution in [3.8, 4) is 0 Å². The molecule has 6 nitrogen and oxygen atoms in total. The molecule has 0 heterocycles. The van der Waals surface area contributed by atoms with Gasteiger partial charge in [-0.1, -0.05) is 30.3 Å².